The van der Waals surface area contributed by atoms with Crippen molar-refractivity contribution < 1.29 is 8.42 Å². The van der Waals surface area contributed by atoms with E-state index in [0.29, 0.717) is 10.6 Å². The Morgan fingerprint density at radius 2 is 2.10 bits per heavy atom. The molecule has 0 aliphatic heterocycles. The number of benzene rings is 1. The third-order valence-electron chi connectivity index (χ3n) is 3.20. The molecule has 0 aliphatic carbocycles. The predicted octanol–water partition coefficient (Wildman–Crippen LogP) is 2.92. The van der Waals surface area contributed by atoms with Crippen LogP contribution >= 0.6 is 23.4 Å². The molecular weight excluding hydrogens is 328 g/mol. The molecule has 1 aromatic carbocycles. The highest BCUT2D eigenvalue weighted by Gasteiger charge is 2.21. The summed E-state index contributed by atoms with van der Waals surface area (Å²) >= 11 is 7.79. The number of thioether (sulfide) groups is 1. The summed E-state index contributed by atoms with van der Waals surface area (Å²) in [6, 6.07) is 3.07. The fourth-order valence-electron chi connectivity index (χ4n) is 1.99. The first-order valence-corrected chi connectivity index (χ1v) is 9.92. The molecule has 1 aromatic rings. The number of hydrogen-bond acceptors (Lipinski definition) is 4. The van der Waals surface area contributed by atoms with Crippen molar-refractivity contribution in [2.75, 3.05) is 11.5 Å². The van der Waals surface area contributed by atoms with Crippen LogP contribution in [0.4, 0.5) is 0 Å². The molecule has 0 aromatic heterocycles. The van der Waals surface area contributed by atoms with Gasteiger partial charge in [0.1, 0.15) is 0 Å². The van der Waals surface area contributed by atoms with Crippen LogP contribution in [0.25, 0.3) is 0 Å². The smallest absolute Gasteiger partial charge is 0.241 e. The van der Waals surface area contributed by atoms with Crippen molar-refractivity contribution in [2.45, 2.75) is 44.7 Å². The quantitative estimate of drug-likeness (QED) is 0.707. The number of rotatable bonds is 8. The Hall–Kier alpha value is -0.270. The van der Waals surface area contributed by atoms with Crippen molar-refractivity contribution in [1.29, 1.82) is 0 Å². The van der Waals surface area contributed by atoms with Crippen LogP contribution in [0.2, 0.25) is 5.02 Å². The first-order chi connectivity index (χ1) is 9.81. The lowest BCUT2D eigenvalue weighted by Crippen LogP contribution is -2.33. The first-order valence-electron chi connectivity index (χ1n) is 6.91. The van der Waals surface area contributed by atoms with Crippen LogP contribution in [0.5, 0.6) is 0 Å². The van der Waals surface area contributed by atoms with Gasteiger partial charge >= 0.3 is 0 Å². The van der Waals surface area contributed by atoms with Gasteiger partial charge in [-0.2, -0.15) is 11.8 Å². The lowest BCUT2D eigenvalue weighted by molar-refractivity contribution is 0.556. The van der Waals surface area contributed by atoms with Crippen LogP contribution in [-0.2, 0) is 16.6 Å². The summed E-state index contributed by atoms with van der Waals surface area (Å²) in [7, 11) is -3.58. The van der Waals surface area contributed by atoms with Crippen molar-refractivity contribution in [3.05, 3.63) is 28.3 Å². The molecule has 21 heavy (non-hydrogen) atoms. The van der Waals surface area contributed by atoms with Gasteiger partial charge in [0.15, 0.2) is 0 Å². The van der Waals surface area contributed by atoms with E-state index in [2.05, 4.69) is 11.6 Å². The molecule has 0 amide bonds. The summed E-state index contributed by atoms with van der Waals surface area (Å²) in [5.41, 5.74) is 7.04. The van der Waals surface area contributed by atoms with Gasteiger partial charge in [-0.25, -0.2) is 13.1 Å². The molecule has 1 unspecified atom stereocenters. The Kier molecular flexibility index (Phi) is 7.50. The molecule has 4 nitrogen and oxygen atoms in total. The Balaban J connectivity index is 2.95. The van der Waals surface area contributed by atoms with Crippen LogP contribution in [-0.4, -0.2) is 26.0 Å². The van der Waals surface area contributed by atoms with Crippen LogP contribution in [0.1, 0.15) is 31.4 Å². The molecule has 0 spiro atoms. The second-order valence-electron chi connectivity index (χ2n) is 4.90. The second-order valence-corrected chi connectivity index (χ2v) is 8.41. The average Bonchev–Trinajstić information content (AvgIpc) is 2.40. The van der Waals surface area contributed by atoms with E-state index in [1.807, 2.05) is 6.92 Å². The largest absolute Gasteiger partial charge is 0.326 e. The third-order valence-corrected chi connectivity index (χ3v) is 6.06. The minimum absolute atomic E-state index is 0.117. The molecule has 0 radical (unpaired) electrons. The number of nitrogens with one attached hydrogen (secondary N) is 1. The van der Waals surface area contributed by atoms with Crippen LogP contribution in [0.15, 0.2) is 17.0 Å². The van der Waals surface area contributed by atoms with Crippen LogP contribution < -0.4 is 10.5 Å². The molecule has 3 N–H and O–H groups in total. The maximum Gasteiger partial charge on any atom is 0.241 e. The topological polar surface area (TPSA) is 72.2 Å². The molecule has 0 saturated heterocycles. The molecule has 0 saturated carbocycles. The summed E-state index contributed by atoms with van der Waals surface area (Å²) in [5, 5.41) is 0.385. The third kappa shape index (κ3) is 5.45. The van der Waals surface area contributed by atoms with E-state index in [0.717, 1.165) is 23.5 Å². The van der Waals surface area contributed by atoms with Gasteiger partial charge in [0, 0.05) is 17.6 Å². The minimum atomic E-state index is -3.58. The maximum atomic E-state index is 12.5. The SMILES string of the molecule is CCSCCC(C)NS(=O)(=O)c1cc(Cl)cc(CN)c1C. The van der Waals surface area contributed by atoms with E-state index < -0.39 is 10.0 Å². The highest BCUT2D eigenvalue weighted by atomic mass is 35.5. The lowest BCUT2D eigenvalue weighted by atomic mass is 10.1. The van der Waals surface area contributed by atoms with Crippen molar-refractivity contribution >= 4 is 33.4 Å². The minimum Gasteiger partial charge on any atom is -0.326 e. The highest BCUT2D eigenvalue weighted by Crippen LogP contribution is 2.24. The zero-order chi connectivity index (χ0) is 16.0. The van der Waals surface area contributed by atoms with Gasteiger partial charge in [-0.3, -0.25) is 0 Å². The summed E-state index contributed by atoms with van der Waals surface area (Å²) in [4.78, 5) is 0.213. The standard InChI is InChI=1S/C14H23ClN2O2S2/c1-4-20-6-5-10(2)17-21(18,19)14-8-13(15)7-12(9-16)11(14)3/h7-8,10,17H,4-6,9,16H2,1-3H3. The Morgan fingerprint density at radius 3 is 2.67 bits per heavy atom. The lowest BCUT2D eigenvalue weighted by Gasteiger charge is -2.17. The molecule has 120 valence electrons. The highest BCUT2D eigenvalue weighted by molar-refractivity contribution is 7.99. The molecule has 7 heteroatoms. The number of nitrogens with two attached hydrogens (primary N) is 1. The van der Waals surface area contributed by atoms with E-state index in [4.69, 9.17) is 17.3 Å². The summed E-state index contributed by atoms with van der Waals surface area (Å²) < 4.78 is 27.7. The molecule has 0 heterocycles. The van der Waals surface area contributed by atoms with E-state index in [1.165, 1.54) is 6.07 Å². The Bertz CT molecular complexity index is 577. The first kappa shape index (κ1) is 18.8. The molecule has 0 fully saturated rings. The van der Waals surface area contributed by atoms with Crippen molar-refractivity contribution in [3.8, 4) is 0 Å². The fourth-order valence-corrected chi connectivity index (χ4v) is 4.70. The normalized spacial score (nSPS) is 13.4. The Labute approximate surface area is 136 Å². The van der Waals surface area contributed by atoms with Gasteiger partial charge < -0.3 is 5.73 Å². The molecule has 1 rings (SSSR count). The van der Waals surface area contributed by atoms with Crippen molar-refractivity contribution in [3.63, 3.8) is 0 Å². The van der Waals surface area contributed by atoms with Gasteiger partial charge in [-0.15, -0.1) is 0 Å². The van der Waals surface area contributed by atoms with E-state index in [1.54, 1.807) is 24.8 Å². The molecule has 0 bridgehead atoms. The van der Waals surface area contributed by atoms with Crippen molar-refractivity contribution in [2.24, 2.45) is 5.73 Å². The zero-order valence-electron chi connectivity index (χ0n) is 12.6. The van der Waals surface area contributed by atoms with Gasteiger partial charge in [-0.1, -0.05) is 18.5 Å². The van der Waals surface area contributed by atoms with E-state index >= 15 is 0 Å². The zero-order valence-corrected chi connectivity index (χ0v) is 15.0. The summed E-state index contributed by atoms with van der Waals surface area (Å²) in [6.07, 6.45) is 0.793. The molecular formula is C14H23ClN2O2S2. The fraction of sp³-hybridized carbons (Fsp3) is 0.571. The molecule has 0 aliphatic rings. The van der Waals surface area contributed by atoms with Gasteiger partial charge in [0.2, 0.25) is 10.0 Å². The number of sulfonamides is 1. The second kappa shape index (κ2) is 8.39. The number of halogens is 1. The molecule has 1 atom stereocenters. The predicted molar refractivity (Wildman–Crippen MR) is 91.5 cm³/mol. The van der Waals surface area contributed by atoms with E-state index in [9.17, 15) is 8.42 Å². The maximum absolute atomic E-state index is 12.5. The van der Waals surface area contributed by atoms with Gasteiger partial charge in [-0.05, 0) is 55.0 Å². The van der Waals surface area contributed by atoms with Crippen molar-refractivity contribution in [1.82, 2.24) is 4.72 Å². The summed E-state index contributed by atoms with van der Waals surface area (Å²) in [6.45, 7) is 5.98. The van der Waals surface area contributed by atoms with Gasteiger partial charge in [0.05, 0.1) is 4.90 Å². The van der Waals surface area contributed by atoms with Crippen LogP contribution in [0, 0.1) is 6.92 Å². The van der Waals surface area contributed by atoms with E-state index in [-0.39, 0.29) is 17.5 Å². The monoisotopic (exact) mass is 350 g/mol. The average molecular weight is 351 g/mol. The number of hydrogen-bond donors (Lipinski definition) is 2. The summed E-state index contributed by atoms with van der Waals surface area (Å²) in [5.74, 6) is 1.97. The van der Waals surface area contributed by atoms with Crippen LogP contribution in [0.3, 0.4) is 0 Å². The van der Waals surface area contributed by atoms with Gasteiger partial charge in [0.25, 0.3) is 0 Å². The Morgan fingerprint density at radius 1 is 1.43 bits per heavy atom.